The first-order valence-corrected chi connectivity index (χ1v) is 9.35. The zero-order valence-electron chi connectivity index (χ0n) is 17.8. The molecule has 0 saturated carbocycles. The molecule has 0 heterocycles. The third kappa shape index (κ3) is 8.67. The van der Waals surface area contributed by atoms with E-state index in [2.05, 4.69) is 57.3 Å². The number of hydrogen-bond donors (Lipinski definition) is 0. The van der Waals surface area contributed by atoms with Crippen LogP contribution in [0.2, 0.25) is 0 Å². The maximum absolute atomic E-state index is 12.0. The topological polar surface area (TPSA) is 31.2 Å². The van der Waals surface area contributed by atoms with Crippen molar-refractivity contribution in [1.29, 1.82) is 0 Å². The zero-order valence-corrected chi connectivity index (χ0v) is 18.8. The van der Waals surface area contributed by atoms with Gasteiger partial charge in [-0.2, -0.15) is 36.4 Å². The van der Waals surface area contributed by atoms with E-state index in [1.165, 1.54) is 11.1 Å². The van der Waals surface area contributed by atoms with Crippen LogP contribution in [0.15, 0.2) is 83.7 Å². The number of hydrogen-bond acceptors (Lipinski definition) is 1. The standard InChI is InChI=1S/C19H23NO.C6H5.CH3.Ni/c1-13(2)15-10-11-16(14(3)4)18(12-15)20-17-8-6-5-7-9-19(17)21;1-2-4-6-5-3-1;;/h5-14H,1-4H3,(H,20,21);1-5H;1H3;/q;2*-1;+3/p-1. The maximum atomic E-state index is 12.0. The number of benzene rings is 2. The fourth-order valence-electron chi connectivity index (χ4n) is 2.59. The van der Waals surface area contributed by atoms with E-state index in [1.807, 2.05) is 42.5 Å². The molecule has 0 amide bonds. The number of nitrogens with zero attached hydrogens (tertiary/aromatic N) is 1. The van der Waals surface area contributed by atoms with E-state index < -0.39 is 0 Å². The Kier molecular flexibility index (Phi) is 12.6. The smallest absolute Gasteiger partial charge is 0.654 e. The van der Waals surface area contributed by atoms with Crippen molar-refractivity contribution in [3.05, 3.63) is 119 Å². The van der Waals surface area contributed by atoms with Crippen molar-refractivity contribution in [2.75, 3.05) is 0 Å². The van der Waals surface area contributed by atoms with Crippen molar-refractivity contribution < 1.29 is 16.5 Å². The number of rotatable bonds is 4. The Balaban J connectivity index is 0.000000843. The molecule has 0 aromatic heterocycles. The van der Waals surface area contributed by atoms with E-state index in [4.69, 9.17) is 0 Å². The van der Waals surface area contributed by atoms with Gasteiger partial charge in [0.1, 0.15) is 0 Å². The summed E-state index contributed by atoms with van der Waals surface area (Å²) in [6.07, 6.45) is 0. The first kappa shape index (κ1) is 26.6. The molecule has 2 nitrogen and oxygen atoms in total. The maximum Gasteiger partial charge on any atom is 3.00 e. The molecule has 0 unspecified atom stereocenters. The van der Waals surface area contributed by atoms with Crippen LogP contribution in [0.25, 0.3) is 5.32 Å². The van der Waals surface area contributed by atoms with Gasteiger partial charge in [-0.05, 0) is 23.5 Å². The van der Waals surface area contributed by atoms with Crippen LogP contribution in [-0.2, 0) is 16.5 Å². The van der Waals surface area contributed by atoms with Gasteiger partial charge in [0.25, 0.3) is 0 Å². The minimum absolute atomic E-state index is 0. The Bertz CT molecular complexity index is 865. The predicted molar refractivity (Wildman–Crippen MR) is 122 cm³/mol. The molecule has 0 saturated heterocycles. The van der Waals surface area contributed by atoms with Crippen molar-refractivity contribution in [3.8, 4) is 0 Å². The Morgan fingerprint density at radius 2 is 1.38 bits per heavy atom. The van der Waals surface area contributed by atoms with Gasteiger partial charge in [-0.15, -0.1) is 5.69 Å². The van der Waals surface area contributed by atoms with E-state index >= 15 is 0 Å². The zero-order chi connectivity index (χ0) is 19.6. The van der Waals surface area contributed by atoms with Crippen molar-refractivity contribution in [3.63, 3.8) is 0 Å². The van der Waals surface area contributed by atoms with Crippen molar-refractivity contribution >= 4 is 11.4 Å². The summed E-state index contributed by atoms with van der Waals surface area (Å²) in [6, 6.07) is 27.7. The second kappa shape index (κ2) is 13.7. The van der Waals surface area contributed by atoms with Crippen LogP contribution in [0, 0.1) is 13.5 Å². The molecule has 1 radical (unpaired) electrons. The molecule has 3 aromatic rings. The SMILES string of the molecule is CC(C)c1ccc(C(C)C)c([N-]c2cccccc2=O)c1.[CH3-].[Ni+3].[c-]1ccccc1. The van der Waals surface area contributed by atoms with Gasteiger partial charge in [-0.3, -0.25) is 4.79 Å². The summed E-state index contributed by atoms with van der Waals surface area (Å²) in [7, 11) is 0. The minimum atomic E-state index is -0.0512. The van der Waals surface area contributed by atoms with Crippen LogP contribution < -0.4 is 5.43 Å². The van der Waals surface area contributed by atoms with E-state index in [9.17, 15) is 4.79 Å². The van der Waals surface area contributed by atoms with Gasteiger partial charge in [0.2, 0.25) is 0 Å². The van der Waals surface area contributed by atoms with Crippen LogP contribution in [0.5, 0.6) is 0 Å². The van der Waals surface area contributed by atoms with E-state index in [0.29, 0.717) is 17.5 Å². The van der Waals surface area contributed by atoms with Gasteiger partial charge in [-0.25, -0.2) is 0 Å². The summed E-state index contributed by atoms with van der Waals surface area (Å²) in [4.78, 5) is 12.0. The average Bonchev–Trinajstić information content (AvgIpc) is 2.88. The monoisotopic (exact) mass is 430 g/mol. The Morgan fingerprint density at radius 1 is 0.759 bits per heavy atom. The van der Waals surface area contributed by atoms with E-state index in [-0.39, 0.29) is 29.3 Å². The molecule has 3 aromatic carbocycles. The van der Waals surface area contributed by atoms with E-state index in [1.54, 1.807) is 18.2 Å². The Hall–Kier alpha value is -2.38. The largest absolute Gasteiger partial charge is 3.00 e. The van der Waals surface area contributed by atoms with Crippen LogP contribution in [-0.4, -0.2) is 0 Å². The third-order valence-corrected chi connectivity index (χ3v) is 4.17. The first-order valence-electron chi connectivity index (χ1n) is 9.35. The summed E-state index contributed by atoms with van der Waals surface area (Å²) < 4.78 is 0. The average molecular weight is 431 g/mol. The molecule has 0 N–H and O–H groups in total. The van der Waals surface area contributed by atoms with Gasteiger partial charge in [-0.1, -0.05) is 81.4 Å². The predicted octanol–water partition coefficient (Wildman–Crippen LogP) is 7.57. The summed E-state index contributed by atoms with van der Waals surface area (Å²) >= 11 is 0. The van der Waals surface area contributed by atoms with Gasteiger partial charge < -0.3 is 12.7 Å². The molecule has 0 aliphatic carbocycles. The Labute approximate surface area is 186 Å². The second-order valence-electron chi connectivity index (χ2n) is 6.98. The normalized spacial score (nSPS) is 9.59. The Morgan fingerprint density at radius 3 is 1.90 bits per heavy atom. The fraction of sp³-hybridized carbons (Fsp3) is 0.231. The van der Waals surface area contributed by atoms with Crippen LogP contribution in [0.1, 0.15) is 50.7 Å². The van der Waals surface area contributed by atoms with Gasteiger partial charge in [0.05, 0.1) is 0 Å². The summed E-state index contributed by atoms with van der Waals surface area (Å²) in [5.74, 6) is 0.816. The molecule has 0 fully saturated rings. The minimum Gasteiger partial charge on any atom is -0.654 e. The molecule has 0 aliphatic rings. The first-order chi connectivity index (χ1) is 13.0. The van der Waals surface area contributed by atoms with Crippen LogP contribution in [0.4, 0.5) is 11.4 Å². The molecular formula is C26H30NNiO. The molecule has 0 atom stereocenters. The molecule has 3 heteroatoms. The van der Waals surface area contributed by atoms with Gasteiger partial charge in [0, 0.05) is 0 Å². The van der Waals surface area contributed by atoms with Crippen molar-refractivity contribution in [2.45, 2.75) is 39.5 Å². The quantitative estimate of drug-likeness (QED) is 0.310. The van der Waals surface area contributed by atoms with Crippen molar-refractivity contribution in [1.82, 2.24) is 0 Å². The molecular weight excluding hydrogens is 401 g/mol. The molecule has 3 rings (SSSR count). The van der Waals surface area contributed by atoms with E-state index in [0.717, 1.165) is 5.69 Å². The fourth-order valence-corrected chi connectivity index (χ4v) is 2.59. The molecule has 0 spiro atoms. The second-order valence-corrected chi connectivity index (χ2v) is 6.98. The molecule has 155 valence electrons. The third-order valence-electron chi connectivity index (χ3n) is 4.17. The van der Waals surface area contributed by atoms with Crippen LogP contribution >= 0.6 is 0 Å². The summed E-state index contributed by atoms with van der Waals surface area (Å²) in [6.45, 7) is 8.62. The van der Waals surface area contributed by atoms with Crippen molar-refractivity contribution in [2.24, 2.45) is 0 Å². The molecule has 29 heavy (non-hydrogen) atoms. The van der Waals surface area contributed by atoms with Gasteiger partial charge >= 0.3 is 16.5 Å². The summed E-state index contributed by atoms with van der Waals surface area (Å²) in [5.41, 5.74) is 3.75. The van der Waals surface area contributed by atoms with Crippen LogP contribution in [0.3, 0.4) is 0 Å². The molecule has 0 aliphatic heterocycles. The summed E-state index contributed by atoms with van der Waals surface area (Å²) in [5, 5.41) is 4.63. The molecule has 0 bridgehead atoms. The van der Waals surface area contributed by atoms with Gasteiger partial charge in [0.15, 0.2) is 5.43 Å².